The van der Waals surface area contributed by atoms with Crippen LogP contribution in [0, 0.1) is 22.7 Å². The van der Waals surface area contributed by atoms with Crippen LogP contribution >= 0.6 is 22.9 Å². The molecular weight excluding hydrogens is 462 g/mol. The van der Waals surface area contributed by atoms with Crippen molar-refractivity contribution < 1.29 is 4.79 Å². The molecule has 1 amide bonds. The zero-order valence-corrected chi connectivity index (χ0v) is 21.1. The molecule has 6 heteroatoms. The van der Waals surface area contributed by atoms with E-state index in [0.717, 1.165) is 41.6 Å². The number of benzene rings is 2. The van der Waals surface area contributed by atoms with Crippen molar-refractivity contribution in [1.29, 1.82) is 5.26 Å². The van der Waals surface area contributed by atoms with Crippen LogP contribution in [0.15, 0.2) is 53.5 Å². The van der Waals surface area contributed by atoms with Gasteiger partial charge in [-0.2, -0.15) is 5.26 Å². The number of nitriles is 1. The Bertz CT molecular complexity index is 1360. The van der Waals surface area contributed by atoms with Gasteiger partial charge in [0.05, 0.1) is 17.8 Å². The van der Waals surface area contributed by atoms with Crippen LogP contribution in [0.5, 0.6) is 0 Å². The summed E-state index contributed by atoms with van der Waals surface area (Å²) < 4.78 is 0. The Morgan fingerprint density at radius 1 is 1.18 bits per heavy atom. The van der Waals surface area contributed by atoms with Crippen molar-refractivity contribution in [3.8, 4) is 6.07 Å². The molecule has 34 heavy (non-hydrogen) atoms. The predicted molar refractivity (Wildman–Crippen MR) is 139 cm³/mol. The van der Waals surface area contributed by atoms with E-state index >= 15 is 0 Å². The van der Waals surface area contributed by atoms with Gasteiger partial charge in [0.25, 0.3) is 5.91 Å². The quantitative estimate of drug-likeness (QED) is 0.396. The third-order valence-corrected chi connectivity index (χ3v) is 8.50. The number of rotatable bonds is 3. The number of hydrogen-bond acceptors (Lipinski definition) is 4. The Hall–Kier alpha value is -2.94. The number of thiophene rings is 1. The molecule has 0 unspecified atom stereocenters. The van der Waals surface area contributed by atoms with Crippen molar-refractivity contribution in [2.24, 2.45) is 16.3 Å². The maximum absolute atomic E-state index is 13.6. The normalized spacial score (nSPS) is 18.7. The number of amides is 1. The van der Waals surface area contributed by atoms with Crippen molar-refractivity contribution in [3.05, 3.63) is 80.7 Å². The Labute approximate surface area is 209 Å². The third-order valence-electron chi connectivity index (χ3n) is 6.98. The van der Waals surface area contributed by atoms with Crippen LogP contribution in [-0.2, 0) is 24.2 Å². The average Bonchev–Trinajstić information content (AvgIpc) is 3.29. The van der Waals surface area contributed by atoms with Gasteiger partial charge in [-0.1, -0.05) is 68.8 Å². The summed E-state index contributed by atoms with van der Waals surface area (Å²) >= 11 is 7.96. The topological polar surface area (TPSA) is 56.5 Å². The molecule has 172 valence electrons. The molecule has 4 nitrogen and oxygen atoms in total. The first-order valence-corrected chi connectivity index (χ1v) is 12.8. The summed E-state index contributed by atoms with van der Waals surface area (Å²) in [6.45, 7) is 7.22. The highest BCUT2D eigenvalue weighted by Gasteiger charge is 2.36. The lowest BCUT2D eigenvalue weighted by molar-refractivity contribution is -0.112. The van der Waals surface area contributed by atoms with Crippen LogP contribution in [0.3, 0.4) is 0 Å². The summed E-state index contributed by atoms with van der Waals surface area (Å²) in [6, 6.07) is 17.6. The van der Waals surface area contributed by atoms with Crippen molar-refractivity contribution in [3.63, 3.8) is 0 Å². The SMILES string of the molecule is CC(C)(C)[C@H]1CCc2c(sc(N=C3C(=O)N(Cc4ccccc4Cl)c4ccccc43)c2C#N)C1. The first kappa shape index (κ1) is 22.8. The second kappa shape index (κ2) is 8.69. The lowest BCUT2D eigenvalue weighted by Gasteiger charge is -2.33. The van der Waals surface area contributed by atoms with Crippen LogP contribution in [0.2, 0.25) is 5.02 Å². The van der Waals surface area contributed by atoms with E-state index in [4.69, 9.17) is 16.6 Å². The van der Waals surface area contributed by atoms with Gasteiger partial charge in [-0.05, 0) is 53.9 Å². The monoisotopic (exact) mass is 487 g/mol. The Morgan fingerprint density at radius 3 is 2.65 bits per heavy atom. The molecule has 1 aliphatic heterocycles. The van der Waals surface area contributed by atoms with Crippen LogP contribution in [0.1, 0.15) is 54.3 Å². The van der Waals surface area contributed by atoms with Gasteiger partial charge >= 0.3 is 0 Å². The minimum absolute atomic E-state index is 0.163. The number of hydrogen-bond donors (Lipinski definition) is 0. The van der Waals surface area contributed by atoms with Crippen LogP contribution in [0.25, 0.3) is 0 Å². The number of carbonyl (C=O) groups is 1. The van der Waals surface area contributed by atoms with Crippen molar-refractivity contribution in [2.45, 2.75) is 46.6 Å². The van der Waals surface area contributed by atoms with E-state index in [1.54, 1.807) is 16.2 Å². The van der Waals surface area contributed by atoms with Crippen molar-refractivity contribution >= 4 is 45.2 Å². The van der Waals surface area contributed by atoms with Gasteiger partial charge in [0.2, 0.25) is 0 Å². The summed E-state index contributed by atoms with van der Waals surface area (Å²) in [5.41, 5.74) is 4.87. The number of aliphatic imine (C=N–C) groups is 1. The van der Waals surface area contributed by atoms with Gasteiger partial charge in [0, 0.05) is 15.5 Å². The Kier molecular flexibility index (Phi) is 5.83. The number of carbonyl (C=O) groups excluding carboxylic acids is 1. The van der Waals surface area contributed by atoms with Gasteiger partial charge in [-0.25, -0.2) is 4.99 Å². The molecule has 5 rings (SSSR count). The molecular formula is C28H26ClN3OS. The first-order chi connectivity index (χ1) is 16.3. The van der Waals surface area contributed by atoms with E-state index in [0.29, 0.717) is 33.8 Å². The van der Waals surface area contributed by atoms with E-state index in [1.807, 2.05) is 48.5 Å². The number of para-hydroxylation sites is 1. The number of fused-ring (bicyclic) bond motifs is 2. The lowest BCUT2D eigenvalue weighted by Crippen LogP contribution is -2.29. The highest BCUT2D eigenvalue weighted by Crippen LogP contribution is 2.45. The fraction of sp³-hybridized carbons (Fsp3) is 0.321. The smallest absolute Gasteiger partial charge is 0.277 e. The Morgan fingerprint density at radius 2 is 1.91 bits per heavy atom. The van der Waals surface area contributed by atoms with Crippen molar-refractivity contribution in [2.75, 3.05) is 4.90 Å². The second-order valence-corrected chi connectivity index (χ2v) is 11.6. The molecule has 0 N–H and O–H groups in total. The lowest BCUT2D eigenvalue weighted by atomic mass is 9.72. The summed E-state index contributed by atoms with van der Waals surface area (Å²) in [4.78, 5) is 21.4. The number of halogens is 1. The molecule has 0 fully saturated rings. The molecule has 2 aliphatic rings. The van der Waals surface area contributed by atoms with E-state index in [2.05, 4.69) is 26.8 Å². The highest BCUT2D eigenvalue weighted by atomic mass is 35.5. The molecule has 2 heterocycles. The summed E-state index contributed by atoms with van der Waals surface area (Å²) in [5, 5.41) is 11.3. The van der Waals surface area contributed by atoms with Crippen LogP contribution in [0.4, 0.5) is 10.7 Å². The first-order valence-electron chi connectivity index (χ1n) is 11.6. The zero-order valence-electron chi connectivity index (χ0n) is 19.6. The van der Waals surface area contributed by atoms with E-state index < -0.39 is 0 Å². The predicted octanol–water partition coefficient (Wildman–Crippen LogP) is 7.09. The van der Waals surface area contributed by atoms with Gasteiger partial charge in [-0.3, -0.25) is 4.79 Å². The van der Waals surface area contributed by atoms with E-state index in [-0.39, 0.29) is 11.3 Å². The van der Waals surface area contributed by atoms with E-state index in [1.165, 1.54) is 4.88 Å². The highest BCUT2D eigenvalue weighted by molar-refractivity contribution is 7.16. The largest absolute Gasteiger partial charge is 0.302 e. The number of nitrogens with zero attached hydrogens (tertiary/aromatic N) is 3. The van der Waals surface area contributed by atoms with Gasteiger partial charge in [0.15, 0.2) is 0 Å². The molecule has 3 aromatic rings. The standard InChI is InChI=1S/C28H26ClN3OS/c1-28(2,3)18-12-13-19-21(15-30)26(34-24(19)14-18)31-25-20-9-5-7-11-23(20)32(27(25)33)16-17-8-4-6-10-22(17)29/h4-11,18H,12-14,16H2,1-3H3/t18-/m0/s1. The minimum atomic E-state index is -0.163. The average molecular weight is 488 g/mol. The summed E-state index contributed by atoms with van der Waals surface area (Å²) in [6.07, 6.45) is 2.93. The second-order valence-electron chi connectivity index (χ2n) is 10.1. The van der Waals surface area contributed by atoms with Crippen molar-refractivity contribution in [1.82, 2.24) is 0 Å². The number of anilines is 1. The summed E-state index contributed by atoms with van der Waals surface area (Å²) in [5.74, 6) is 0.412. The van der Waals surface area contributed by atoms with Crippen LogP contribution < -0.4 is 4.90 Å². The minimum Gasteiger partial charge on any atom is -0.302 e. The van der Waals surface area contributed by atoms with Gasteiger partial charge in [0.1, 0.15) is 16.8 Å². The summed E-state index contributed by atoms with van der Waals surface area (Å²) in [7, 11) is 0. The molecule has 0 radical (unpaired) electrons. The molecule has 0 saturated carbocycles. The zero-order chi connectivity index (χ0) is 24.0. The molecule has 1 aromatic heterocycles. The molecule has 2 aromatic carbocycles. The van der Waals surface area contributed by atoms with E-state index in [9.17, 15) is 10.1 Å². The Balaban J connectivity index is 1.55. The molecule has 0 saturated heterocycles. The molecule has 1 aliphatic carbocycles. The molecule has 0 spiro atoms. The molecule has 1 atom stereocenters. The third kappa shape index (κ3) is 3.96. The fourth-order valence-corrected chi connectivity index (χ4v) is 6.38. The molecule has 0 bridgehead atoms. The van der Waals surface area contributed by atoms with Gasteiger partial charge in [-0.15, -0.1) is 11.3 Å². The maximum atomic E-state index is 13.6. The maximum Gasteiger partial charge on any atom is 0.277 e. The fourth-order valence-electron chi connectivity index (χ4n) is 4.93. The van der Waals surface area contributed by atoms with Crippen LogP contribution in [-0.4, -0.2) is 11.6 Å². The van der Waals surface area contributed by atoms with Gasteiger partial charge < -0.3 is 4.90 Å².